The Morgan fingerprint density at radius 2 is 1.79 bits per heavy atom. The van der Waals surface area contributed by atoms with Crippen molar-refractivity contribution in [3.8, 4) is 5.69 Å². The molecule has 0 aliphatic carbocycles. The first-order valence-electron chi connectivity index (χ1n) is 9.19. The maximum Gasteiger partial charge on any atom is 0.337 e. The van der Waals surface area contributed by atoms with Crippen LogP contribution in [-0.4, -0.2) is 21.9 Å². The van der Waals surface area contributed by atoms with Crippen molar-refractivity contribution in [3.63, 3.8) is 0 Å². The highest BCUT2D eigenvalue weighted by atomic mass is 35.5. The smallest absolute Gasteiger partial charge is 0.337 e. The first kappa shape index (κ1) is 19.0. The van der Waals surface area contributed by atoms with Crippen LogP contribution in [0.2, 0.25) is 5.02 Å². The zero-order chi connectivity index (χ0) is 20.5. The molecule has 29 heavy (non-hydrogen) atoms. The fourth-order valence-electron chi connectivity index (χ4n) is 3.59. The average molecular weight is 403 g/mol. The molecule has 0 saturated carbocycles. The summed E-state index contributed by atoms with van der Waals surface area (Å²) >= 11 is 6.02. The van der Waals surface area contributed by atoms with E-state index in [0.717, 1.165) is 39.1 Å². The van der Waals surface area contributed by atoms with E-state index in [1.165, 1.54) is 0 Å². The Kier molecular flexibility index (Phi) is 4.95. The Hall–Kier alpha value is -3.37. The van der Waals surface area contributed by atoms with Crippen molar-refractivity contribution < 1.29 is 9.90 Å². The SMILES string of the molecule is Cc1cc(C=Nc2cccc3ccccc23)c(C)n1-c1ccc(Cl)c(C(=O)O)c1. The molecule has 0 amide bonds. The molecule has 4 nitrogen and oxygen atoms in total. The van der Waals surface area contributed by atoms with Crippen molar-refractivity contribution in [1.29, 1.82) is 0 Å². The van der Waals surface area contributed by atoms with Gasteiger partial charge in [0, 0.05) is 34.2 Å². The number of carbonyl (C=O) groups is 1. The van der Waals surface area contributed by atoms with Crippen LogP contribution >= 0.6 is 11.6 Å². The molecule has 0 bridgehead atoms. The predicted octanol–water partition coefficient (Wildman–Crippen LogP) is 6.35. The molecular weight excluding hydrogens is 384 g/mol. The molecule has 0 spiro atoms. The summed E-state index contributed by atoms with van der Waals surface area (Å²) in [5.41, 5.74) is 4.69. The lowest BCUT2D eigenvalue weighted by molar-refractivity contribution is 0.0697. The van der Waals surface area contributed by atoms with Gasteiger partial charge in [-0.1, -0.05) is 48.0 Å². The zero-order valence-electron chi connectivity index (χ0n) is 16.1. The van der Waals surface area contributed by atoms with Crippen LogP contribution in [-0.2, 0) is 0 Å². The second-order valence-corrected chi connectivity index (χ2v) is 7.29. The number of hydrogen-bond acceptors (Lipinski definition) is 2. The second-order valence-electron chi connectivity index (χ2n) is 6.89. The van der Waals surface area contributed by atoms with Gasteiger partial charge >= 0.3 is 5.97 Å². The number of aliphatic imine (C=N–C) groups is 1. The molecule has 1 aromatic heterocycles. The lowest BCUT2D eigenvalue weighted by Gasteiger charge is -2.11. The van der Waals surface area contributed by atoms with Gasteiger partial charge < -0.3 is 9.67 Å². The first-order valence-corrected chi connectivity index (χ1v) is 9.57. The van der Waals surface area contributed by atoms with E-state index < -0.39 is 5.97 Å². The number of fused-ring (bicyclic) bond motifs is 1. The Morgan fingerprint density at radius 3 is 2.59 bits per heavy atom. The van der Waals surface area contributed by atoms with Gasteiger partial charge in [0.05, 0.1) is 16.3 Å². The van der Waals surface area contributed by atoms with Crippen LogP contribution in [0.3, 0.4) is 0 Å². The Morgan fingerprint density at radius 1 is 1.03 bits per heavy atom. The Bertz CT molecular complexity index is 1270. The topological polar surface area (TPSA) is 54.6 Å². The van der Waals surface area contributed by atoms with E-state index in [9.17, 15) is 9.90 Å². The summed E-state index contributed by atoms with van der Waals surface area (Å²) < 4.78 is 2.01. The largest absolute Gasteiger partial charge is 0.478 e. The van der Waals surface area contributed by atoms with Crippen molar-refractivity contribution in [2.24, 2.45) is 4.99 Å². The van der Waals surface area contributed by atoms with Crippen molar-refractivity contribution in [2.45, 2.75) is 13.8 Å². The molecule has 4 aromatic rings. The van der Waals surface area contributed by atoms with Gasteiger partial charge in [-0.05, 0) is 49.6 Å². The molecule has 4 rings (SSSR count). The molecule has 0 radical (unpaired) electrons. The summed E-state index contributed by atoms with van der Waals surface area (Å²) in [6.45, 7) is 3.98. The molecule has 5 heteroatoms. The summed E-state index contributed by atoms with van der Waals surface area (Å²) in [5.74, 6) is -1.04. The van der Waals surface area contributed by atoms with Gasteiger partial charge in [-0.2, -0.15) is 0 Å². The number of rotatable bonds is 4. The minimum Gasteiger partial charge on any atom is -0.478 e. The second kappa shape index (κ2) is 7.57. The number of aromatic nitrogens is 1. The van der Waals surface area contributed by atoms with E-state index in [0.29, 0.717) is 0 Å². The Balaban J connectivity index is 1.76. The van der Waals surface area contributed by atoms with Crippen molar-refractivity contribution >= 4 is 40.2 Å². The number of aromatic carboxylic acids is 1. The minimum absolute atomic E-state index is 0.0858. The molecule has 3 aromatic carbocycles. The maximum atomic E-state index is 11.4. The van der Waals surface area contributed by atoms with E-state index in [1.54, 1.807) is 12.1 Å². The molecule has 1 N–H and O–H groups in total. The number of nitrogens with zero attached hydrogens (tertiary/aromatic N) is 2. The molecule has 0 unspecified atom stereocenters. The molecule has 0 saturated heterocycles. The standard InChI is InChI=1S/C24H19ClN2O2/c1-15-12-18(14-26-23-9-5-7-17-6-3-4-8-20(17)23)16(2)27(15)19-10-11-22(25)21(13-19)24(28)29/h3-14H,1-2H3,(H,28,29). The average Bonchev–Trinajstić information content (AvgIpc) is 3.00. The Labute approximate surface area is 173 Å². The third-order valence-electron chi connectivity index (χ3n) is 5.02. The number of carboxylic acids is 1. The van der Waals surface area contributed by atoms with Gasteiger partial charge in [0.15, 0.2) is 0 Å². The number of benzene rings is 3. The fraction of sp³-hybridized carbons (Fsp3) is 0.0833. The minimum atomic E-state index is -1.04. The molecule has 0 atom stereocenters. The third-order valence-corrected chi connectivity index (χ3v) is 5.35. The molecule has 0 fully saturated rings. The maximum absolute atomic E-state index is 11.4. The van der Waals surface area contributed by atoms with E-state index in [4.69, 9.17) is 16.6 Å². The van der Waals surface area contributed by atoms with Gasteiger partial charge in [-0.3, -0.25) is 4.99 Å². The van der Waals surface area contributed by atoms with Crippen molar-refractivity contribution in [2.75, 3.05) is 0 Å². The van der Waals surface area contributed by atoms with Crippen LogP contribution in [0.25, 0.3) is 16.5 Å². The first-order chi connectivity index (χ1) is 14.0. The summed E-state index contributed by atoms with van der Waals surface area (Å²) in [6.07, 6.45) is 1.86. The van der Waals surface area contributed by atoms with Gasteiger partial charge in [-0.15, -0.1) is 0 Å². The summed E-state index contributed by atoms with van der Waals surface area (Å²) in [6, 6.07) is 21.3. The third kappa shape index (κ3) is 3.55. The number of halogens is 1. The van der Waals surface area contributed by atoms with Crippen LogP contribution in [0.5, 0.6) is 0 Å². The number of aryl methyl sites for hydroxylation is 1. The predicted molar refractivity (Wildman–Crippen MR) is 118 cm³/mol. The van der Waals surface area contributed by atoms with E-state index in [1.807, 2.05) is 61.0 Å². The highest BCUT2D eigenvalue weighted by Gasteiger charge is 2.14. The molecule has 0 aliphatic rings. The molecule has 1 heterocycles. The zero-order valence-corrected chi connectivity index (χ0v) is 16.8. The monoisotopic (exact) mass is 402 g/mol. The van der Waals surface area contributed by atoms with Gasteiger partial charge in [0.1, 0.15) is 0 Å². The van der Waals surface area contributed by atoms with Crippen LogP contribution in [0.1, 0.15) is 27.3 Å². The molecular formula is C24H19ClN2O2. The number of carboxylic acid groups (broad SMARTS) is 1. The van der Waals surface area contributed by atoms with Gasteiger partial charge in [0.25, 0.3) is 0 Å². The van der Waals surface area contributed by atoms with Crippen molar-refractivity contribution in [3.05, 3.63) is 94.3 Å². The summed E-state index contributed by atoms with van der Waals surface area (Å²) in [4.78, 5) is 16.2. The van der Waals surface area contributed by atoms with Gasteiger partial charge in [0.2, 0.25) is 0 Å². The molecule has 144 valence electrons. The molecule has 0 aliphatic heterocycles. The van der Waals surface area contributed by atoms with E-state index in [2.05, 4.69) is 18.2 Å². The quantitative estimate of drug-likeness (QED) is 0.404. The highest BCUT2D eigenvalue weighted by Crippen LogP contribution is 2.27. The van der Waals surface area contributed by atoms with Gasteiger partial charge in [-0.25, -0.2) is 4.79 Å². The fourth-order valence-corrected chi connectivity index (χ4v) is 3.79. The van der Waals surface area contributed by atoms with Crippen molar-refractivity contribution in [1.82, 2.24) is 4.57 Å². The summed E-state index contributed by atoms with van der Waals surface area (Å²) in [7, 11) is 0. The van der Waals surface area contributed by atoms with E-state index >= 15 is 0 Å². The van der Waals surface area contributed by atoms with E-state index in [-0.39, 0.29) is 10.6 Å². The summed E-state index contributed by atoms with van der Waals surface area (Å²) in [5, 5.41) is 11.8. The normalized spacial score (nSPS) is 11.4. The van der Waals surface area contributed by atoms with Crippen LogP contribution in [0, 0.1) is 13.8 Å². The lowest BCUT2D eigenvalue weighted by atomic mass is 10.1. The van der Waals surface area contributed by atoms with Crippen LogP contribution in [0.15, 0.2) is 71.7 Å². The van der Waals surface area contributed by atoms with Crippen LogP contribution < -0.4 is 0 Å². The highest BCUT2D eigenvalue weighted by molar-refractivity contribution is 6.33. The lowest BCUT2D eigenvalue weighted by Crippen LogP contribution is -2.03. The van der Waals surface area contributed by atoms with Crippen LogP contribution in [0.4, 0.5) is 5.69 Å². The number of hydrogen-bond donors (Lipinski definition) is 1.